The molecular formula is C7H12N4. The van der Waals surface area contributed by atoms with E-state index < -0.39 is 0 Å². The molecule has 0 aliphatic rings. The molecule has 1 heterocycles. The molecule has 1 aromatic rings. The molecule has 1 unspecified atom stereocenters. The van der Waals surface area contributed by atoms with Crippen molar-refractivity contribution in [3.63, 3.8) is 0 Å². The van der Waals surface area contributed by atoms with Gasteiger partial charge in [0.15, 0.2) is 0 Å². The fourth-order valence-electron chi connectivity index (χ4n) is 0.747. The zero-order chi connectivity index (χ0) is 8.27. The van der Waals surface area contributed by atoms with Crippen molar-refractivity contribution in [2.24, 2.45) is 5.73 Å². The third kappa shape index (κ3) is 1.88. The van der Waals surface area contributed by atoms with Crippen LogP contribution in [0, 0.1) is 0 Å². The monoisotopic (exact) mass is 152 g/mol. The number of hydrogen-bond donors (Lipinski definition) is 2. The quantitative estimate of drug-likeness (QED) is 0.649. The molecule has 0 saturated carbocycles. The summed E-state index contributed by atoms with van der Waals surface area (Å²) >= 11 is 0. The van der Waals surface area contributed by atoms with Gasteiger partial charge in [0, 0.05) is 19.3 Å². The summed E-state index contributed by atoms with van der Waals surface area (Å²) in [6, 6.07) is 1.77. The third-order valence-electron chi connectivity index (χ3n) is 1.37. The molecule has 4 heteroatoms. The molecular weight excluding hydrogens is 140 g/mol. The minimum absolute atomic E-state index is 0.0369. The molecule has 0 spiro atoms. The molecule has 0 bridgehead atoms. The van der Waals surface area contributed by atoms with Crippen molar-refractivity contribution in [1.29, 1.82) is 0 Å². The van der Waals surface area contributed by atoms with Gasteiger partial charge in [0.2, 0.25) is 5.95 Å². The molecule has 0 aliphatic heterocycles. The van der Waals surface area contributed by atoms with Crippen LogP contribution in [0.3, 0.4) is 0 Å². The molecule has 60 valence electrons. The Morgan fingerprint density at radius 3 is 2.91 bits per heavy atom. The van der Waals surface area contributed by atoms with Gasteiger partial charge in [0.05, 0.1) is 5.69 Å². The number of aromatic nitrogens is 2. The summed E-state index contributed by atoms with van der Waals surface area (Å²) in [6.07, 6.45) is 1.69. The van der Waals surface area contributed by atoms with Crippen LogP contribution in [0.4, 0.5) is 5.95 Å². The molecule has 3 N–H and O–H groups in total. The molecule has 0 aromatic carbocycles. The van der Waals surface area contributed by atoms with Crippen molar-refractivity contribution < 1.29 is 0 Å². The van der Waals surface area contributed by atoms with Crippen LogP contribution < -0.4 is 11.1 Å². The highest BCUT2D eigenvalue weighted by atomic mass is 15.1. The van der Waals surface area contributed by atoms with Gasteiger partial charge in [-0.2, -0.15) is 0 Å². The lowest BCUT2D eigenvalue weighted by Gasteiger charge is -2.04. The van der Waals surface area contributed by atoms with E-state index >= 15 is 0 Å². The first-order valence-electron chi connectivity index (χ1n) is 3.50. The highest BCUT2D eigenvalue weighted by molar-refractivity contribution is 5.24. The van der Waals surface area contributed by atoms with Gasteiger partial charge in [-0.3, -0.25) is 0 Å². The molecule has 0 aliphatic carbocycles. The van der Waals surface area contributed by atoms with Crippen LogP contribution in [0.2, 0.25) is 0 Å². The predicted molar refractivity (Wildman–Crippen MR) is 44.2 cm³/mol. The van der Waals surface area contributed by atoms with E-state index in [1.165, 1.54) is 0 Å². The minimum Gasteiger partial charge on any atom is -0.357 e. The predicted octanol–water partition coefficient (Wildman–Crippen LogP) is 0.538. The molecule has 0 amide bonds. The van der Waals surface area contributed by atoms with Crippen LogP contribution in [0.25, 0.3) is 0 Å². The third-order valence-corrected chi connectivity index (χ3v) is 1.37. The first-order chi connectivity index (χ1) is 5.24. The standard InChI is InChI=1S/C7H12N4/c1-5(8)6-3-4-10-7(9-2)11-6/h3-5H,8H2,1-2H3,(H,9,10,11). The Bertz CT molecular complexity index is 234. The van der Waals surface area contributed by atoms with Crippen LogP contribution in [0.5, 0.6) is 0 Å². The van der Waals surface area contributed by atoms with Crippen molar-refractivity contribution in [2.45, 2.75) is 13.0 Å². The average Bonchev–Trinajstić information content (AvgIpc) is 2.05. The second kappa shape index (κ2) is 3.30. The Hall–Kier alpha value is -1.16. The summed E-state index contributed by atoms with van der Waals surface area (Å²) in [5.74, 6) is 0.611. The first kappa shape index (κ1) is 7.94. The van der Waals surface area contributed by atoms with E-state index in [1.54, 1.807) is 13.2 Å². The molecule has 1 atom stereocenters. The Morgan fingerprint density at radius 1 is 1.64 bits per heavy atom. The summed E-state index contributed by atoms with van der Waals surface area (Å²) in [7, 11) is 1.78. The molecule has 1 aromatic heterocycles. The van der Waals surface area contributed by atoms with E-state index in [-0.39, 0.29) is 6.04 Å². The van der Waals surface area contributed by atoms with E-state index in [2.05, 4.69) is 15.3 Å². The first-order valence-corrected chi connectivity index (χ1v) is 3.50. The van der Waals surface area contributed by atoms with E-state index in [9.17, 15) is 0 Å². The van der Waals surface area contributed by atoms with Crippen molar-refractivity contribution >= 4 is 5.95 Å². The zero-order valence-corrected chi connectivity index (χ0v) is 6.70. The number of anilines is 1. The highest BCUT2D eigenvalue weighted by Crippen LogP contribution is 2.06. The highest BCUT2D eigenvalue weighted by Gasteiger charge is 2.00. The maximum absolute atomic E-state index is 5.62. The van der Waals surface area contributed by atoms with Gasteiger partial charge in [0.25, 0.3) is 0 Å². The second-order valence-electron chi connectivity index (χ2n) is 2.34. The Kier molecular flexibility index (Phi) is 2.38. The Balaban J connectivity index is 2.91. The van der Waals surface area contributed by atoms with E-state index in [1.807, 2.05) is 13.0 Å². The van der Waals surface area contributed by atoms with Crippen LogP contribution in [0.1, 0.15) is 18.7 Å². The maximum Gasteiger partial charge on any atom is 0.222 e. The largest absolute Gasteiger partial charge is 0.357 e. The Labute approximate surface area is 65.9 Å². The second-order valence-corrected chi connectivity index (χ2v) is 2.34. The number of rotatable bonds is 2. The summed E-state index contributed by atoms with van der Waals surface area (Å²) in [4.78, 5) is 8.11. The lowest BCUT2D eigenvalue weighted by Crippen LogP contribution is -2.09. The van der Waals surface area contributed by atoms with Crippen molar-refractivity contribution in [3.8, 4) is 0 Å². The molecule has 11 heavy (non-hydrogen) atoms. The number of nitrogens with two attached hydrogens (primary N) is 1. The van der Waals surface area contributed by atoms with E-state index in [0.717, 1.165) is 5.69 Å². The maximum atomic E-state index is 5.62. The van der Waals surface area contributed by atoms with Crippen molar-refractivity contribution in [3.05, 3.63) is 18.0 Å². The van der Waals surface area contributed by atoms with Gasteiger partial charge in [-0.15, -0.1) is 0 Å². The summed E-state index contributed by atoms with van der Waals surface area (Å²) in [6.45, 7) is 1.89. The van der Waals surface area contributed by atoms with Gasteiger partial charge in [0.1, 0.15) is 0 Å². The molecule has 0 radical (unpaired) electrons. The SMILES string of the molecule is CNc1nccc(C(C)N)n1. The molecule has 0 fully saturated rings. The van der Waals surface area contributed by atoms with Gasteiger partial charge < -0.3 is 11.1 Å². The minimum atomic E-state index is -0.0369. The fraction of sp³-hybridized carbons (Fsp3) is 0.429. The topological polar surface area (TPSA) is 63.8 Å². The Morgan fingerprint density at radius 2 is 2.36 bits per heavy atom. The van der Waals surface area contributed by atoms with E-state index in [0.29, 0.717) is 5.95 Å². The molecule has 4 nitrogen and oxygen atoms in total. The van der Waals surface area contributed by atoms with Gasteiger partial charge >= 0.3 is 0 Å². The van der Waals surface area contributed by atoms with Crippen molar-refractivity contribution in [1.82, 2.24) is 9.97 Å². The fourth-order valence-corrected chi connectivity index (χ4v) is 0.747. The molecule has 0 saturated heterocycles. The summed E-state index contributed by atoms with van der Waals surface area (Å²) in [5, 5.41) is 2.84. The molecule has 1 rings (SSSR count). The van der Waals surface area contributed by atoms with Crippen molar-refractivity contribution in [2.75, 3.05) is 12.4 Å². The number of hydrogen-bond acceptors (Lipinski definition) is 4. The van der Waals surface area contributed by atoms with Crippen LogP contribution in [-0.4, -0.2) is 17.0 Å². The summed E-state index contributed by atoms with van der Waals surface area (Å²) < 4.78 is 0. The van der Waals surface area contributed by atoms with Crippen LogP contribution in [0.15, 0.2) is 12.3 Å². The number of nitrogens with zero attached hydrogens (tertiary/aromatic N) is 2. The van der Waals surface area contributed by atoms with Gasteiger partial charge in [-0.25, -0.2) is 9.97 Å². The zero-order valence-electron chi connectivity index (χ0n) is 6.70. The lowest BCUT2D eigenvalue weighted by atomic mass is 10.2. The smallest absolute Gasteiger partial charge is 0.222 e. The van der Waals surface area contributed by atoms with Gasteiger partial charge in [-0.05, 0) is 13.0 Å². The van der Waals surface area contributed by atoms with E-state index in [4.69, 9.17) is 5.73 Å². The van der Waals surface area contributed by atoms with Gasteiger partial charge in [-0.1, -0.05) is 0 Å². The number of nitrogens with one attached hydrogen (secondary N) is 1. The lowest BCUT2D eigenvalue weighted by molar-refractivity contribution is 0.776. The van der Waals surface area contributed by atoms with Crippen LogP contribution >= 0.6 is 0 Å². The average molecular weight is 152 g/mol. The van der Waals surface area contributed by atoms with Crippen LogP contribution in [-0.2, 0) is 0 Å². The normalized spacial score (nSPS) is 12.6. The summed E-state index contributed by atoms with van der Waals surface area (Å²) in [5.41, 5.74) is 6.47.